The highest BCUT2D eigenvalue weighted by Crippen LogP contribution is 2.25. The van der Waals surface area contributed by atoms with Gasteiger partial charge in [0.1, 0.15) is 11.3 Å². The molecule has 0 saturated heterocycles. The van der Waals surface area contributed by atoms with Crippen molar-refractivity contribution in [2.45, 2.75) is 12.5 Å². The number of methoxy groups -OCH3 is 1. The van der Waals surface area contributed by atoms with Gasteiger partial charge in [0, 0.05) is 24.6 Å². The van der Waals surface area contributed by atoms with E-state index in [0.717, 1.165) is 17.0 Å². The van der Waals surface area contributed by atoms with E-state index in [1.807, 2.05) is 18.2 Å². The van der Waals surface area contributed by atoms with Crippen LogP contribution in [0.4, 0.5) is 0 Å². The minimum Gasteiger partial charge on any atom is -0.423 e. The first-order valence-electron chi connectivity index (χ1n) is 7.44. The zero-order chi connectivity index (χ0) is 17.1. The van der Waals surface area contributed by atoms with Gasteiger partial charge in [-0.1, -0.05) is 24.8 Å². The van der Waals surface area contributed by atoms with Crippen LogP contribution in [0.1, 0.15) is 12.0 Å². The number of hydrogen-bond acceptors (Lipinski definition) is 5. The summed E-state index contributed by atoms with van der Waals surface area (Å²) in [7, 11) is 1.65. The van der Waals surface area contributed by atoms with Crippen molar-refractivity contribution < 1.29 is 18.7 Å². The summed E-state index contributed by atoms with van der Waals surface area (Å²) in [6, 6.07) is 6.65. The number of fused-ring (bicyclic) bond motifs is 1. The van der Waals surface area contributed by atoms with E-state index < -0.39 is 11.6 Å². The molecule has 0 bridgehead atoms. The van der Waals surface area contributed by atoms with Crippen molar-refractivity contribution in [2.75, 3.05) is 7.11 Å². The Kier molecular flexibility index (Phi) is 4.44. The van der Waals surface area contributed by atoms with Crippen LogP contribution in [0.2, 0.25) is 0 Å². The highest BCUT2D eigenvalue weighted by atomic mass is 16.5. The second-order valence-corrected chi connectivity index (χ2v) is 5.30. The van der Waals surface area contributed by atoms with Gasteiger partial charge >= 0.3 is 11.6 Å². The Morgan fingerprint density at radius 2 is 2.21 bits per heavy atom. The predicted molar refractivity (Wildman–Crippen MR) is 90.8 cm³/mol. The molecule has 0 N–H and O–H groups in total. The maximum atomic E-state index is 12.3. The number of carbonyl (C=O) groups excluding carboxylic acids is 1. The lowest BCUT2D eigenvalue weighted by atomic mass is 9.99. The minimum atomic E-state index is -0.571. The van der Waals surface area contributed by atoms with Crippen molar-refractivity contribution in [1.82, 2.24) is 0 Å². The number of carbonyl (C=O) groups is 1. The zero-order valence-corrected chi connectivity index (χ0v) is 13.2. The third kappa shape index (κ3) is 3.21. The molecule has 1 heterocycles. The van der Waals surface area contributed by atoms with Gasteiger partial charge in [-0.15, -0.1) is 0 Å². The first kappa shape index (κ1) is 16.0. The van der Waals surface area contributed by atoms with E-state index in [4.69, 9.17) is 13.9 Å². The molecule has 1 aromatic carbocycles. The van der Waals surface area contributed by atoms with Gasteiger partial charge in [-0.3, -0.25) is 0 Å². The lowest BCUT2D eigenvalue weighted by Gasteiger charge is -2.14. The molecule has 3 rings (SSSR count). The topological polar surface area (TPSA) is 65.7 Å². The molecule has 5 heteroatoms. The Labute approximate surface area is 138 Å². The van der Waals surface area contributed by atoms with Gasteiger partial charge in [-0.25, -0.2) is 9.59 Å². The summed E-state index contributed by atoms with van der Waals surface area (Å²) >= 11 is 0. The van der Waals surface area contributed by atoms with Crippen LogP contribution in [0.25, 0.3) is 16.5 Å². The molecule has 0 aliphatic heterocycles. The van der Waals surface area contributed by atoms with Crippen molar-refractivity contribution in [3.63, 3.8) is 0 Å². The van der Waals surface area contributed by atoms with E-state index >= 15 is 0 Å². The molecule has 1 aliphatic carbocycles. The first-order chi connectivity index (χ1) is 11.6. The van der Waals surface area contributed by atoms with E-state index in [9.17, 15) is 9.59 Å². The maximum Gasteiger partial charge on any atom is 0.344 e. The number of ether oxygens (including phenoxy) is 2. The first-order valence-corrected chi connectivity index (χ1v) is 7.44. The van der Waals surface area contributed by atoms with Crippen LogP contribution in [0, 0.1) is 0 Å². The average Bonchev–Trinajstić information content (AvgIpc) is 2.61. The fourth-order valence-electron chi connectivity index (χ4n) is 2.49. The minimum absolute atomic E-state index is 0.0309. The molecule has 2 aromatic rings. The summed E-state index contributed by atoms with van der Waals surface area (Å²) in [5, 5.41) is 0.742. The molecule has 1 unspecified atom stereocenters. The van der Waals surface area contributed by atoms with Crippen LogP contribution < -0.4 is 10.4 Å². The van der Waals surface area contributed by atoms with Gasteiger partial charge in [0.15, 0.2) is 0 Å². The number of hydrogen-bond donors (Lipinski definition) is 0. The van der Waals surface area contributed by atoms with Crippen LogP contribution in [0.3, 0.4) is 0 Å². The molecule has 1 aromatic heterocycles. The second-order valence-electron chi connectivity index (χ2n) is 5.30. The van der Waals surface area contributed by atoms with Gasteiger partial charge in [0.05, 0.1) is 11.7 Å². The number of benzene rings is 1. The quantitative estimate of drug-likeness (QED) is 0.374. The van der Waals surface area contributed by atoms with Crippen molar-refractivity contribution in [1.29, 1.82) is 0 Å². The third-order valence-electron chi connectivity index (χ3n) is 3.77. The molecule has 0 amide bonds. The van der Waals surface area contributed by atoms with Crippen molar-refractivity contribution in [3.8, 4) is 5.75 Å². The Morgan fingerprint density at radius 3 is 2.88 bits per heavy atom. The monoisotopic (exact) mass is 324 g/mol. The fourth-order valence-corrected chi connectivity index (χ4v) is 2.49. The normalized spacial score (nSPS) is 16.7. The van der Waals surface area contributed by atoms with Gasteiger partial charge in [-0.05, 0) is 30.2 Å². The summed E-state index contributed by atoms with van der Waals surface area (Å²) in [4.78, 5) is 23.5. The zero-order valence-electron chi connectivity index (χ0n) is 13.2. The molecule has 122 valence electrons. The Balaban J connectivity index is 1.97. The lowest BCUT2D eigenvalue weighted by molar-refractivity contribution is -0.128. The van der Waals surface area contributed by atoms with Crippen LogP contribution in [-0.2, 0) is 9.53 Å². The smallest absolute Gasteiger partial charge is 0.344 e. The fraction of sp³-hybridized carbons (Fsp3) is 0.158. The van der Waals surface area contributed by atoms with Crippen molar-refractivity contribution in [3.05, 3.63) is 71.1 Å². The highest BCUT2D eigenvalue weighted by Gasteiger charge is 2.14. The Morgan fingerprint density at radius 1 is 1.38 bits per heavy atom. The molecule has 0 radical (unpaired) electrons. The molecule has 0 saturated carbocycles. The van der Waals surface area contributed by atoms with Gasteiger partial charge < -0.3 is 13.9 Å². The van der Waals surface area contributed by atoms with Gasteiger partial charge in [0.25, 0.3) is 0 Å². The van der Waals surface area contributed by atoms with Crippen molar-refractivity contribution in [2.24, 2.45) is 0 Å². The molecule has 5 nitrogen and oxygen atoms in total. The van der Waals surface area contributed by atoms with Crippen LogP contribution in [-0.4, -0.2) is 19.2 Å². The largest absolute Gasteiger partial charge is 0.423 e. The summed E-state index contributed by atoms with van der Waals surface area (Å²) in [6.45, 7) is 3.34. The molecular weight excluding hydrogens is 308 g/mol. The second kappa shape index (κ2) is 6.68. The van der Waals surface area contributed by atoms with E-state index in [2.05, 4.69) is 6.58 Å². The Hall–Kier alpha value is -2.92. The third-order valence-corrected chi connectivity index (χ3v) is 3.77. The van der Waals surface area contributed by atoms with Crippen LogP contribution in [0.5, 0.6) is 5.75 Å². The summed E-state index contributed by atoms with van der Waals surface area (Å²) in [6.07, 6.45) is 7.53. The van der Waals surface area contributed by atoms with E-state index in [1.54, 1.807) is 25.3 Å². The highest BCUT2D eigenvalue weighted by molar-refractivity contribution is 5.86. The SMILES string of the molecule is C=CC(=O)Oc1ccc2cc(C3=CCC(OC)C=C3)c(=O)oc2c1. The number of allylic oxidation sites excluding steroid dienone is 2. The molecule has 24 heavy (non-hydrogen) atoms. The maximum absolute atomic E-state index is 12.3. The molecule has 1 aliphatic rings. The van der Waals surface area contributed by atoms with Crippen LogP contribution >= 0.6 is 0 Å². The Bertz CT molecular complexity index is 917. The molecule has 0 fully saturated rings. The molecule has 1 atom stereocenters. The summed E-state index contributed by atoms with van der Waals surface area (Å²) in [5.41, 5.74) is 1.21. The van der Waals surface area contributed by atoms with E-state index in [1.165, 1.54) is 6.07 Å². The van der Waals surface area contributed by atoms with E-state index in [0.29, 0.717) is 23.3 Å². The van der Waals surface area contributed by atoms with Gasteiger partial charge in [-0.2, -0.15) is 0 Å². The molecule has 0 spiro atoms. The lowest BCUT2D eigenvalue weighted by Crippen LogP contribution is -2.11. The number of rotatable bonds is 4. The van der Waals surface area contributed by atoms with E-state index in [-0.39, 0.29) is 6.10 Å². The summed E-state index contributed by atoms with van der Waals surface area (Å²) in [5.74, 6) is -0.276. The predicted octanol–water partition coefficient (Wildman–Crippen LogP) is 3.24. The van der Waals surface area contributed by atoms with Crippen molar-refractivity contribution >= 4 is 22.5 Å². The average molecular weight is 324 g/mol. The van der Waals surface area contributed by atoms with Gasteiger partial charge in [0.2, 0.25) is 0 Å². The standard InChI is InChI=1S/C19H16O5/c1-3-18(20)23-15-9-6-13-10-16(19(21)24-17(13)11-15)12-4-7-14(22-2)8-5-12/h3-7,9-11,14H,1,8H2,2H3. The summed E-state index contributed by atoms with van der Waals surface area (Å²) < 4.78 is 15.7. The number of esters is 1. The molecular formula is C19H16O5. The van der Waals surface area contributed by atoms with Crippen LogP contribution in [0.15, 0.2) is 64.4 Å².